The van der Waals surface area contributed by atoms with Crippen LogP contribution in [-0.4, -0.2) is 126 Å². The Morgan fingerprint density at radius 3 is 1.16 bits per heavy atom. The standard InChI is InChI=1S/2C20H21FN8O5S/c2*1-11(8-16-22-9-13(21)10-23-16)35(30,31)28-20-27-25-18(19-26-24-12(2)34-19)29(20)17-14(32-3)6-5-7-15(17)33-4/h2*5-7,9-11H,8H2,1-4H3,(H,27,28)/t2*11-/m10/s1. The van der Waals surface area contributed by atoms with Gasteiger partial charge in [0.05, 0.1) is 63.7 Å². The van der Waals surface area contributed by atoms with Crippen LogP contribution in [0.25, 0.3) is 34.8 Å². The quantitative estimate of drug-likeness (QED) is 0.123. The minimum atomic E-state index is -4.05. The fourth-order valence-corrected chi connectivity index (χ4v) is 8.27. The number of benzene rings is 2. The molecule has 368 valence electrons. The van der Waals surface area contributed by atoms with Gasteiger partial charge in [0.25, 0.3) is 11.8 Å². The van der Waals surface area contributed by atoms with E-state index in [0.717, 1.165) is 24.8 Å². The van der Waals surface area contributed by atoms with Crippen molar-refractivity contribution < 1.29 is 53.4 Å². The number of nitrogens with zero attached hydrogens (tertiary/aromatic N) is 14. The maximum Gasteiger partial charge on any atom is 0.286 e. The van der Waals surface area contributed by atoms with Gasteiger partial charge in [-0.3, -0.25) is 9.44 Å². The first-order valence-corrected chi connectivity index (χ1v) is 23.5. The Morgan fingerprint density at radius 2 is 0.871 bits per heavy atom. The molecule has 0 aliphatic heterocycles. The second-order valence-electron chi connectivity index (χ2n) is 14.6. The number of halogens is 2. The molecule has 70 heavy (non-hydrogen) atoms. The third-order valence-corrected chi connectivity index (χ3v) is 13.2. The molecule has 0 radical (unpaired) electrons. The van der Waals surface area contributed by atoms with Gasteiger partial charge in [0.1, 0.15) is 46.0 Å². The van der Waals surface area contributed by atoms with E-state index in [-0.39, 0.29) is 71.6 Å². The third-order valence-electron chi connectivity index (χ3n) is 9.83. The number of nitrogens with one attached hydrogen (secondary N) is 2. The molecule has 0 saturated carbocycles. The van der Waals surface area contributed by atoms with Gasteiger partial charge in [0.15, 0.2) is 11.6 Å². The first-order chi connectivity index (χ1) is 33.5. The number of methoxy groups -OCH3 is 4. The zero-order valence-corrected chi connectivity index (χ0v) is 39.9. The van der Waals surface area contributed by atoms with Crippen LogP contribution < -0.4 is 28.4 Å². The van der Waals surface area contributed by atoms with E-state index in [1.807, 2.05) is 0 Å². The van der Waals surface area contributed by atoms with Gasteiger partial charge in [-0.2, -0.15) is 0 Å². The first kappa shape index (κ1) is 49.6. The number of rotatable bonds is 18. The summed E-state index contributed by atoms with van der Waals surface area (Å²) in [5, 5.41) is 29.7. The zero-order valence-electron chi connectivity index (χ0n) is 38.3. The SMILES string of the molecule is COc1cccc(OC)c1-n1c(NS(=O)(=O)[C@@H](C)Cc2ncc(F)cn2)nnc1-c1nnc(C)o1.COc1cccc(OC)c1-n1c(NS(=O)(=O)[C@H](C)Cc2ncc(F)cn2)nnc1-c1nnc(C)o1. The summed E-state index contributed by atoms with van der Waals surface area (Å²) in [6.07, 6.45) is 3.74. The predicted octanol–water partition coefficient (Wildman–Crippen LogP) is 3.89. The summed E-state index contributed by atoms with van der Waals surface area (Å²) in [6, 6.07) is 10.1. The summed E-state index contributed by atoms with van der Waals surface area (Å²) in [7, 11) is -2.29. The van der Waals surface area contributed by atoms with E-state index < -0.39 is 42.2 Å². The molecule has 0 saturated heterocycles. The maximum atomic E-state index is 13.2. The number of sulfonamides is 2. The van der Waals surface area contributed by atoms with Crippen molar-refractivity contribution in [3.05, 3.63) is 96.3 Å². The lowest BCUT2D eigenvalue weighted by Crippen LogP contribution is -2.29. The summed E-state index contributed by atoms with van der Waals surface area (Å²) >= 11 is 0. The lowest BCUT2D eigenvalue weighted by molar-refractivity contribution is 0.391. The molecule has 0 amide bonds. The topological polar surface area (TPSA) is 320 Å². The molecule has 0 fully saturated rings. The minimum Gasteiger partial charge on any atom is -0.494 e. The monoisotopic (exact) mass is 1010 g/mol. The Balaban J connectivity index is 0.000000206. The van der Waals surface area contributed by atoms with Gasteiger partial charge in [-0.1, -0.05) is 12.1 Å². The van der Waals surface area contributed by atoms with E-state index in [0.29, 0.717) is 34.4 Å². The lowest BCUT2D eigenvalue weighted by Gasteiger charge is -2.18. The van der Waals surface area contributed by atoms with Crippen molar-refractivity contribution in [3.63, 3.8) is 0 Å². The maximum absolute atomic E-state index is 13.2. The second kappa shape index (κ2) is 20.9. The van der Waals surface area contributed by atoms with Gasteiger partial charge in [-0.15, -0.1) is 40.8 Å². The van der Waals surface area contributed by atoms with Crippen LogP contribution in [0.2, 0.25) is 0 Å². The normalized spacial score (nSPS) is 12.4. The Labute approximate surface area is 397 Å². The van der Waals surface area contributed by atoms with Gasteiger partial charge in [0, 0.05) is 26.7 Å². The van der Waals surface area contributed by atoms with E-state index in [9.17, 15) is 25.6 Å². The van der Waals surface area contributed by atoms with E-state index in [4.69, 9.17) is 27.8 Å². The fraction of sp³-hybridized carbons (Fsp3) is 0.300. The number of anilines is 2. The molecule has 8 aromatic rings. The molecule has 0 aliphatic carbocycles. The number of hydrogen-bond donors (Lipinski definition) is 2. The summed E-state index contributed by atoms with van der Waals surface area (Å²) in [6.45, 7) is 6.12. The highest BCUT2D eigenvalue weighted by atomic mass is 32.2. The van der Waals surface area contributed by atoms with Crippen LogP contribution >= 0.6 is 0 Å². The van der Waals surface area contributed by atoms with Crippen LogP contribution in [0.1, 0.15) is 37.3 Å². The number of ether oxygens (including phenoxy) is 4. The molecule has 0 spiro atoms. The van der Waals surface area contributed by atoms with Crippen LogP contribution in [0.5, 0.6) is 23.0 Å². The van der Waals surface area contributed by atoms with E-state index >= 15 is 0 Å². The Bertz CT molecular complexity index is 3050. The molecule has 2 atom stereocenters. The fourth-order valence-electron chi connectivity index (χ4n) is 6.36. The van der Waals surface area contributed by atoms with Crippen LogP contribution in [0, 0.1) is 25.5 Å². The molecular formula is C40H42F2N16O10S2. The molecule has 30 heteroatoms. The van der Waals surface area contributed by atoms with Gasteiger partial charge in [-0.25, -0.2) is 54.7 Å². The third kappa shape index (κ3) is 10.9. The van der Waals surface area contributed by atoms with Crippen LogP contribution in [0.4, 0.5) is 20.7 Å². The van der Waals surface area contributed by atoms with Gasteiger partial charge in [-0.05, 0) is 38.1 Å². The number of aryl methyl sites for hydroxylation is 2. The molecule has 0 aliphatic rings. The smallest absolute Gasteiger partial charge is 0.286 e. The average Bonchev–Trinajstić information content (AvgIpc) is 4.17. The molecule has 0 unspecified atom stereocenters. The summed E-state index contributed by atoms with van der Waals surface area (Å²) in [5.41, 5.74) is 0.612. The minimum absolute atomic E-state index is 0.00108. The number of aromatic nitrogens is 14. The molecule has 2 aromatic carbocycles. The highest BCUT2D eigenvalue weighted by molar-refractivity contribution is 7.93. The molecule has 6 aromatic heterocycles. The Hall–Kier alpha value is -8.28. The molecule has 8 rings (SSSR count). The first-order valence-electron chi connectivity index (χ1n) is 20.4. The largest absolute Gasteiger partial charge is 0.494 e. The van der Waals surface area contributed by atoms with Gasteiger partial charge < -0.3 is 27.8 Å². The zero-order chi connectivity index (χ0) is 50.3. The van der Waals surface area contributed by atoms with Crippen LogP contribution in [-0.2, 0) is 32.9 Å². The highest BCUT2D eigenvalue weighted by Crippen LogP contribution is 2.39. The van der Waals surface area contributed by atoms with Crippen molar-refractivity contribution in [1.29, 1.82) is 0 Å². The van der Waals surface area contributed by atoms with E-state index in [1.54, 1.807) is 50.2 Å². The summed E-state index contributed by atoms with van der Waals surface area (Å²) in [4.78, 5) is 15.3. The average molecular weight is 1010 g/mol. The van der Waals surface area contributed by atoms with E-state index in [1.165, 1.54) is 51.4 Å². The molecular weight excluding hydrogens is 967 g/mol. The second-order valence-corrected chi connectivity index (χ2v) is 18.8. The van der Waals surface area contributed by atoms with E-state index in [2.05, 4.69) is 70.2 Å². The lowest BCUT2D eigenvalue weighted by atomic mass is 10.2. The number of para-hydroxylation sites is 2. The van der Waals surface area contributed by atoms with Crippen molar-refractivity contribution in [2.24, 2.45) is 0 Å². The molecule has 6 heterocycles. The molecule has 2 N–H and O–H groups in total. The van der Waals surface area contributed by atoms with Crippen molar-refractivity contribution in [1.82, 2.24) is 69.9 Å². The van der Waals surface area contributed by atoms with Crippen molar-refractivity contribution in [2.75, 3.05) is 37.9 Å². The molecule has 0 bridgehead atoms. The highest BCUT2D eigenvalue weighted by Gasteiger charge is 2.32. The number of hydrogen-bond acceptors (Lipinski definition) is 22. The Kier molecular flexibility index (Phi) is 14.8. The van der Waals surface area contributed by atoms with Gasteiger partial charge >= 0.3 is 0 Å². The predicted molar refractivity (Wildman–Crippen MR) is 240 cm³/mol. The Morgan fingerprint density at radius 1 is 0.543 bits per heavy atom. The van der Waals surface area contributed by atoms with Crippen molar-refractivity contribution in [2.45, 2.75) is 51.0 Å². The van der Waals surface area contributed by atoms with Crippen LogP contribution in [0.3, 0.4) is 0 Å². The van der Waals surface area contributed by atoms with Crippen LogP contribution in [0.15, 0.2) is 70.0 Å². The van der Waals surface area contributed by atoms with Gasteiger partial charge in [0.2, 0.25) is 55.4 Å². The van der Waals surface area contributed by atoms with Crippen molar-refractivity contribution >= 4 is 31.9 Å². The summed E-state index contributed by atoms with van der Waals surface area (Å²) < 4.78 is 119. The van der Waals surface area contributed by atoms with Crippen molar-refractivity contribution in [3.8, 4) is 57.8 Å². The molecule has 26 nitrogen and oxygen atoms in total. The summed E-state index contributed by atoms with van der Waals surface area (Å²) in [5.74, 6) is 0.774.